The summed E-state index contributed by atoms with van der Waals surface area (Å²) in [5.41, 5.74) is 0.0535. The third-order valence-corrected chi connectivity index (χ3v) is 4.42. The summed E-state index contributed by atoms with van der Waals surface area (Å²) in [6.07, 6.45) is 11.4. The van der Waals surface area contributed by atoms with Gasteiger partial charge in [-0.1, -0.05) is 52.4 Å². The molecule has 102 valence electrons. The molecule has 0 saturated heterocycles. The molecule has 2 nitrogen and oxygen atoms in total. The van der Waals surface area contributed by atoms with Gasteiger partial charge in [-0.25, -0.2) is 0 Å². The summed E-state index contributed by atoms with van der Waals surface area (Å²) in [7, 11) is 0. The van der Waals surface area contributed by atoms with Crippen LogP contribution in [0.3, 0.4) is 0 Å². The molecule has 1 saturated carbocycles. The smallest absolute Gasteiger partial charge is 0.0613 e. The highest BCUT2D eigenvalue weighted by molar-refractivity contribution is 4.90. The Morgan fingerprint density at radius 3 is 2.41 bits per heavy atom. The summed E-state index contributed by atoms with van der Waals surface area (Å²) in [5, 5.41) is 13.3. The molecule has 2 N–H and O–H groups in total. The van der Waals surface area contributed by atoms with Gasteiger partial charge in [0, 0.05) is 5.54 Å². The van der Waals surface area contributed by atoms with Gasteiger partial charge in [0.1, 0.15) is 0 Å². The molecule has 0 bridgehead atoms. The van der Waals surface area contributed by atoms with Crippen molar-refractivity contribution in [1.29, 1.82) is 0 Å². The van der Waals surface area contributed by atoms with Crippen LogP contribution >= 0.6 is 0 Å². The fourth-order valence-electron chi connectivity index (χ4n) is 2.92. The zero-order chi connectivity index (χ0) is 12.6. The highest BCUT2D eigenvalue weighted by Crippen LogP contribution is 2.28. The minimum absolute atomic E-state index is 0.0535. The normalized spacial score (nSPS) is 21.4. The number of nitrogens with one attached hydrogen (secondary N) is 1. The van der Waals surface area contributed by atoms with Crippen LogP contribution < -0.4 is 5.32 Å². The van der Waals surface area contributed by atoms with Crippen molar-refractivity contribution in [3.05, 3.63) is 0 Å². The van der Waals surface area contributed by atoms with E-state index in [1.807, 2.05) is 0 Å². The molecule has 0 aliphatic heterocycles. The first-order chi connectivity index (χ1) is 8.26. The molecular weight excluding hydrogens is 210 g/mol. The second-order valence-electron chi connectivity index (χ2n) is 5.80. The molecule has 0 aromatic rings. The van der Waals surface area contributed by atoms with Gasteiger partial charge in [-0.3, -0.25) is 0 Å². The summed E-state index contributed by atoms with van der Waals surface area (Å²) in [6.45, 7) is 5.96. The molecule has 0 heterocycles. The van der Waals surface area contributed by atoms with Gasteiger partial charge in [0.25, 0.3) is 0 Å². The maximum absolute atomic E-state index is 9.64. The lowest BCUT2D eigenvalue weighted by Gasteiger charge is -2.38. The Morgan fingerprint density at radius 1 is 1.18 bits per heavy atom. The highest BCUT2D eigenvalue weighted by atomic mass is 16.3. The molecular formula is C15H31NO. The summed E-state index contributed by atoms with van der Waals surface area (Å²) >= 11 is 0. The van der Waals surface area contributed by atoms with E-state index in [2.05, 4.69) is 19.2 Å². The van der Waals surface area contributed by atoms with Gasteiger partial charge in [-0.15, -0.1) is 0 Å². The Balaban J connectivity index is 2.34. The number of aliphatic hydroxyl groups excluding tert-OH is 1. The van der Waals surface area contributed by atoms with Crippen LogP contribution in [0.4, 0.5) is 0 Å². The molecule has 0 amide bonds. The van der Waals surface area contributed by atoms with E-state index in [9.17, 15) is 5.11 Å². The maximum Gasteiger partial charge on any atom is 0.0613 e. The van der Waals surface area contributed by atoms with E-state index in [1.165, 1.54) is 44.9 Å². The summed E-state index contributed by atoms with van der Waals surface area (Å²) in [4.78, 5) is 0. The largest absolute Gasteiger partial charge is 0.394 e. The molecule has 17 heavy (non-hydrogen) atoms. The zero-order valence-corrected chi connectivity index (χ0v) is 11.8. The first kappa shape index (κ1) is 15.0. The fourth-order valence-corrected chi connectivity index (χ4v) is 2.92. The average molecular weight is 241 g/mol. The van der Waals surface area contributed by atoms with E-state index in [0.29, 0.717) is 6.61 Å². The van der Waals surface area contributed by atoms with Crippen LogP contribution in [0, 0.1) is 5.92 Å². The van der Waals surface area contributed by atoms with Gasteiger partial charge < -0.3 is 10.4 Å². The standard InChI is InChI=1S/C15H31NO/c1-3-5-9-14(4-2)12-16-15(13-17)10-7-6-8-11-15/h14,16-17H,3-13H2,1-2H3. The number of unbranched alkanes of at least 4 members (excludes halogenated alkanes) is 1. The molecule has 1 rings (SSSR count). The summed E-state index contributed by atoms with van der Waals surface area (Å²) < 4.78 is 0. The van der Waals surface area contributed by atoms with Gasteiger partial charge in [0.05, 0.1) is 6.61 Å². The van der Waals surface area contributed by atoms with E-state index < -0.39 is 0 Å². The van der Waals surface area contributed by atoms with Crippen molar-refractivity contribution in [1.82, 2.24) is 5.32 Å². The van der Waals surface area contributed by atoms with Crippen molar-refractivity contribution < 1.29 is 5.11 Å². The van der Waals surface area contributed by atoms with E-state index in [4.69, 9.17) is 0 Å². The highest BCUT2D eigenvalue weighted by Gasteiger charge is 2.30. The molecule has 2 heteroatoms. The Hall–Kier alpha value is -0.0800. The number of aliphatic hydroxyl groups is 1. The lowest BCUT2D eigenvalue weighted by atomic mass is 9.81. The van der Waals surface area contributed by atoms with Crippen LogP contribution in [0.15, 0.2) is 0 Å². The van der Waals surface area contributed by atoms with Crippen LogP contribution in [-0.2, 0) is 0 Å². The molecule has 1 unspecified atom stereocenters. The Bertz CT molecular complexity index is 187. The average Bonchev–Trinajstić information content (AvgIpc) is 2.40. The van der Waals surface area contributed by atoms with Crippen LogP contribution in [0.5, 0.6) is 0 Å². The van der Waals surface area contributed by atoms with Crippen molar-refractivity contribution in [3.8, 4) is 0 Å². The predicted molar refractivity (Wildman–Crippen MR) is 74.2 cm³/mol. The molecule has 1 atom stereocenters. The molecule has 1 aliphatic rings. The SMILES string of the molecule is CCCCC(CC)CNC1(CO)CCCCC1. The van der Waals surface area contributed by atoms with E-state index in [-0.39, 0.29) is 5.54 Å². The fraction of sp³-hybridized carbons (Fsp3) is 1.00. The second-order valence-corrected chi connectivity index (χ2v) is 5.80. The van der Waals surface area contributed by atoms with Crippen molar-refractivity contribution in [2.45, 2.75) is 77.2 Å². The quantitative estimate of drug-likeness (QED) is 0.682. The van der Waals surface area contributed by atoms with Crippen LogP contribution in [0.25, 0.3) is 0 Å². The number of rotatable bonds is 8. The topological polar surface area (TPSA) is 32.3 Å². The van der Waals surface area contributed by atoms with Gasteiger partial charge in [0.15, 0.2) is 0 Å². The van der Waals surface area contributed by atoms with Crippen LogP contribution in [0.1, 0.15) is 71.6 Å². The Labute approximate surface area is 107 Å². The zero-order valence-electron chi connectivity index (χ0n) is 11.8. The first-order valence-corrected chi connectivity index (χ1v) is 7.62. The monoisotopic (exact) mass is 241 g/mol. The van der Waals surface area contributed by atoms with Crippen LogP contribution in [0.2, 0.25) is 0 Å². The van der Waals surface area contributed by atoms with Crippen molar-refractivity contribution in [3.63, 3.8) is 0 Å². The predicted octanol–water partition coefficient (Wildman–Crippen LogP) is 3.49. The molecule has 0 aromatic heterocycles. The lowest BCUT2D eigenvalue weighted by molar-refractivity contribution is 0.115. The number of hydrogen-bond donors (Lipinski definition) is 2. The second kappa shape index (κ2) is 8.10. The van der Waals surface area contributed by atoms with Gasteiger partial charge in [-0.2, -0.15) is 0 Å². The maximum atomic E-state index is 9.64. The van der Waals surface area contributed by atoms with Gasteiger partial charge >= 0.3 is 0 Å². The van der Waals surface area contributed by atoms with Crippen molar-refractivity contribution >= 4 is 0 Å². The minimum Gasteiger partial charge on any atom is -0.394 e. The summed E-state index contributed by atoms with van der Waals surface area (Å²) in [6, 6.07) is 0. The van der Waals surface area contributed by atoms with Crippen LogP contribution in [-0.4, -0.2) is 23.8 Å². The van der Waals surface area contributed by atoms with E-state index in [1.54, 1.807) is 0 Å². The van der Waals surface area contributed by atoms with E-state index in [0.717, 1.165) is 25.3 Å². The Morgan fingerprint density at radius 2 is 1.88 bits per heavy atom. The third kappa shape index (κ3) is 4.97. The molecule has 0 radical (unpaired) electrons. The first-order valence-electron chi connectivity index (χ1n) is 7.62. The van der Waals surface area contributed by atoms with Gasteiger partial charge in [-0.05, 0) is 31.7 Å². The molecule has 1 fully saturated rings. The van der Waals surface area contributed by atoms with Gasteiger partial charge in [0.2, 0.25) is 0 Å². The number of hydrogen-bond acceptors (Lipinski definition) is 2. The van der Waals surface area contributed by atoms with Crippen molar-refractivity contribution in [2.75, 3.05) is 13.2 Å². The Kier molecular flexibility index (Phi) is 7.14. The van der Waals surface area contributed by atoms with Crippen molar-refractivity contribution in [2.24, 2.45) is 5.92 Å². The molecule has 0 aromatic carbocycles. The summed E-state index contributed by atoms with van der Waals surface area (Å²) in [5.74, 6) is 0.792. The molecule has 0 spiro atoms. The minimum atomic E-state index is 0.0535. The molecule has 1 aliphatic carbocycles. The van der Waals surface area contributed by atoms with E-state index >= 15 is 0 Å². The third-order valence-electron chi connectivity index (χ3n) is 4.42. The lowest BCUT2D eigenvalue weighted by Crippen LogP contribution is -2.51.